The topological polar surface area (TPSA) is 38.3 Å². The fourth-order valence-corrected chi connectivity index (χ4v) is 0.680. The lowest BCUT2D eigenvalue weighted by atomic mass is 10.4. The molecule has 14 heavy (non-hydrogen) atoms. The van der Waals surface area contributed by atoms with Crippen molar-refractivity contribution in [2.75, 3.05) is 7.11 Å². The van der Waals surface area contributed by atoms with E-state index in [1.54, 1.807) is 0 Å². The van der Waals surface area contributed by atoms with Crippen LogP contribution in [0.5, 0.6) is 0 Å². The summed E-state index contributed by atoms with van der Waals surface area (Å²) in [6.07, 6.45) is -0.375. The van der Waals surface area contributed by atoms with Crippen LogP contribution in [0, 0.1) is 0 Å². The normalized spacial score (nSPS) is 8.57. The second-order valence-corrected chi connectivity index (χ2v) is 2.95. The van der Waals surface area contributed by atoms with Gasteiger partial charge in [0.05, 0.1) is 7.11 Å². The van der Waals surface area contributed by atoms with Gasteiger partial charge in [-0.1, -0.05) is 36.4 Å². The van der Waals surface area contributed by atoms with E-state index in [2.05, 4.69) is 10.1 Å². The Bertz CT molecular complexity index is 208. The number of hydrogen-bond donors (Lipinski definition) is 1. The summed E-state index contributed by atoms with van der Waals surface area (Å²) in [6.45, 7) is 3.74. The summed E-state index contributed by atoms with van der Waals surface area (Å²) < 4.78 is 4.31. The molecule has 0 aliphatic heterocycles. The number of nitrogens with one attached hydrogen (secondary N) is 1. The maximum atomic E-state index is 10.3. The number of hydrogen-bond acceptors (Lipinski definition) is 2. The maximum Gasteiger partial charge on any atom is 0.407 e. The molecule has 0 bridgehead atoms. The van der Waals surface area contributed by atoms with Crippen molar-refractivity contribution in [3.05, 3.63) is 36.4 Å². The third-order valence-electron chi connectivity index (χ3n) is 1.26. The Labute approximate surface area is 85.1 Å². The second-order valence-electron chi connectivity index (χ2n) is 2.95. The quantitative estimate of drug-likeness (QED) is 0.747. The van der Waals surface area contributed by atoms with Crippen molar-refractivity contribution in [2.45, 2.75) is 19.9 Å². The van der Waals surface area contributed by atoms with Crippen LogP contribution in [0.1, 0.15) is 13.8 Å². The van der Waals surface area contributed by atoms with Crippen LogP contribution in [-0.4, -0.2) is 19.2 Å². The minimum Gasteiger partial charge on any atom is -0.453 e. The van der Waals surface area contributed by atoms with Gasteiger partial charge in [-0.3, -0.25) is 0 Å². The molecule has 1 amide bonds. The Morgan fingerprint density at radius 2 is 1.43 bits per heavy atom. The SMILES string of the molecule is COC(=O)NC(C)C.c1ccccc1. The predicted octanol–water partition coefficient (Wildman–Crippen LogP) is 2.44. The highest BCUT2D eigenvalue weighted by molar-refractivity contribution is 5.67. The van der Waals surface area contributed by atoms with Crippen molar-refractivity contribution in [2.24, 2.45) is 0 Å². The summed E-state index contributed by atoms with van der Waals surface area (Å²) in [5.41, 5.74) is 0. The van der Waals surface area contributed by atoms with E-state index in [0.29, 0.717) is 0 Å². The molecule has 0 aliphatic rings. The van der Waals surface area contributed by atoms with Crippen molar-refractivity contribution in [3.8, 4) is 0 Å². The molecule has 0 heterocycles. The number of alkyl carbamates (subject to hydrolysis) is 1. The molecule has 1 N–H and O–H groups in total. The zero-order valence-corrected chi connectivity index (χ0v) is 8.86. The summed E-state index contributed by atoms with van der Waals surface area (Å²) in [4.78, 5) is 10.3. The molecule has 3 heteroatoms. The van der Waals surface area contributed by atoms with E-state index in [-0.39, 0.29) is 12.1 Å². The molecule has 0 saturated heterocycles. The average Bonchev–Trinajstić information content (AvgIpc) is 2.20. The molecule has 0 radical (unpaired) electrons. The fourth-order valence-electron chi connectivity index (χ4n) is 0.680. The Morgan fingerprint density at radius 1 is 1.07 bits per heavy atom. The van der Waals surface area contributed by atoms with E-state index >= 15 is 0 Å². The van der Waals surface area contributed by atoms with Crippen molar-refractivity contribution in [1.29, 1.82) is 0 Å². The lowest BCUT2D eigenvalue weighted by molar-refractivity contribution is 0.168. The third kappa shape index (κ3) is 8.59. The number of rotatable bonds is 1. The Morgan fingerprint density at radius 3 is 1.57 bits per heavy atom. The molecule has 0 unspecified atom stereocenters. The lowest BCUT2D eigenvalue weighted by Crippen LogP contribution is -2.29. The van der Waals surface area contributed by atoms with Gasteiger partial charge in [0, 0.05) is 6.04 Å². The lowest BCUT2D eigenvalue weighted by Gasteiger charge is -2.04. The first kappa shape index (κ1) is 12.5. The van der Waals surface area contributed by atoms with Crippen LogP contribution in [0.4, 0.5) is 4.79 Å². The molecule has 0 aliphatic carbocycles. The monoisotopic (exact) mass is 195 g/mol. The molecule has 0 saturated carbocycles. The standard InChI is InChI=1S/C6H6.C5H11NO2/c1-2-4-6-5-3-1;1-4(2)6-5(7)8-3/h1-6H;4H,1-3H3,(H,6,7). The summed E-state index contributed by atoms with van der Waals surface area (Å²) in [5.74, 6) is 0. The van der Waals surface area contributed by atoms with Crippen LogP contribution in [0.3, 0.4) is 0 Å². The first-order valence-corrected chi connectivity index (χ1v) is 4.51. The summed E-state index contributed by atoms with van der Waals surface area (Å²) in [7, 11) is 1.34. The highest BCUT2D eigenvalue weighted by Gasteiger charge is 1.97. The van der Waals surface area contributed by atoms with Gasteiger partial charge in [0.1, 0.15) is 0 Å². The zero-order chi connectivity index (χ0) is 10.8. The number of ether oxygens (including phenoxy) is 1. The molecule has 1 rings (SSSR count). The number of methoxy groups -OCH3 is 1. The first-order chi connectivity index (χ1) is 6.66. The van der Waals surface area contributed by atoms with Gasteiger partial charge in [-0.2, -0.15) is 0 Å². The van der Waals surface area contributed by atoms with Gasteiger partial charge in [0.25, 0.3) is 0 Å². The van der Waals surface area contributed by atoms with E-state index in [1.807, 2.05) is 50.2 Å². The molecule has 78 valence electrons. The van der Waals surface area contributed by atoms with E-state index in [0.717, 1.165) is 0 Å². The van der Waals surface area contributed by atoms with Crippen molar-refractivity contribution in [1.82, 2.24) is 5.32 Å². The molecular weight excluding hydrogens is 178 g/mol. The van der Waals surface area contributed by atoms with Crippen molar-refractivity contribution < 1.29 is 9.53 Å². The van der Waals surface area contributed by atoms with Crippen LogP contribution in [0.25, 0.3) is 0 Å². The second kappa shape index (κ2) is 8.10. The molecule has 0 aromatic heterocycles. The van der Waals surface area contributed by atoms with Gasteiger partial charge in [0.15, 0.2) is 0 Å². The minimum absolute atomic E-state index is 0.155. The van der Waals surface area contributed by atoms with Gasteiger partial charge in [-0.25, -0.2) is 4.79 Å². The van der Waals surface area contributed by atoms with E-state index < -0.39 is 0 Å². The molecule has 0 fully saturated rings. The van der Waals surface area contributed by atoms with Crippen molar-refractivity contribution in [3.63, 3.8) is 0 Å². The number of benzene rings is 1. The molecule has 3 nitrogen and oxygen atoms in total. The largest absolute Gasteiger partial charge is 0.453 e. The average molecular weight is 195 g/mol. The molecule has 1 aromatic carbocycles. The Kier molecular flexibility index (Phi) is 7.23. The van der Waals surface area contributed by atoms with E-state index in [1.165, 1.54) is 7.11 Å². The van der Waals surface area contributed by atoms with Crippen LogP contribution in [0.15, 0.2) is 36.4 Å². The van der Waals surface area contributed by atoms with Crippen LogP contribution in [-0.2, 0) is 4.74 Å². The van der Waals surface area contributed by atoms with Gasteiger partial charge in [0.2, 0.25) is 0 Å². The van der Waals surface area contributed by atoms with Crippen LogP contribution in [0.2, 0.25) is 0 Å². The van der Waals surface area contributed by atoms with Gasteiger partial charge < -0.3 is 10.1 Å². The van der Waals surface area contributed by atoms with Crippen LogP contribution >= 0.6 is 0 Å². The summed E-state index contributed by atoms with van der Waals surface area (Å²) in [5, 5.41) is 2.53. The summed E-state index contributed by atoms with van der Waals surface area (Å²) in [6, 6.07) is 12.2. The predicted molar refractivity (Wildman–Crippen MR) is 57.1 cm³/mol. The fraction of sp³-hybridized carbons (Fsp3) is 0.364. The van der Waals surface area contributed by atoms with Gasteiger partial charge in [-0.15, -0.1) is 0 Å². The van der Waals surface area contributed by atoms with E-state index in [9.17, 15) is 4.79 Å². The maximum absolute atomic E-state index is 10.3. The zero-order valence-electron chi connectivity index (χ0n) is 8.86. The van der Waals surface area contributed by atoms with Gasteiger partial charge in [-0.05, 0) is 13.8 Å². The molecular formula is C11H17NO2. The highest BCUT2D eigenvalue weighted by Crippen LogP contribution is 1.80. The van der Waals surface area contributed by atoms with Crippen molar-refractivity contribution >= 4 is 6.09 Å². The van der Waals surface area contributed by atoms with Gasteiger partial charge >= 0.3 is 6.09 Å². The van der Waals surface area contributed by atoms with E-state index in [4.69, 9.17) is 0 Å². The number of carbonyl (C=O) groups excluding carboxylic acids is 1. The minimum atomic E-state index is -0.375. The molecule has 0 spiro atoms. The summed E-state index contributed by atoms with van der Waals surface area (Å²) >= 11 is 0. The Balaban J connectivity index is 0.000000249. The Hall–Kier alpha value is -1.51. The number of carbonyl (C=O) groups is 1. The molecule has 1 aromatic rings. The smallest absolute Gasteiger partial charge is 0.407 e. The van der Waals surface area contributed by atoms with Crippen LogP contribution < -0.4 is 5.32 Å². The highest BCUT2D eigenvalue weighted by atomic mass is 16.5. The first-order valence-electron chi connectivity index (χ1n) is 4.51. The third-order valence-corrected chi connectivity index (χ3v) is 1.26. The molecule has 0 atom stereocenters. The number of amides is 1.